The van der Waals surface area contributed by atoms with Crippen molar-refractivity contribution in [3.05, 3.63) is 81.5 Å². The van der Waals surface area contributed by atoms with Gasteiger partial charge in [-0.15, -0.1) is 0 Å². The monoisotopic (exact) mass is 397 g/mol. The number of aryl methyl sites for hydroxylation is 1. The summed E-state index contributed by atoms with van der Waals surface area (Å²) in [6.45, 7) is 6.26. The molecular weight excluding hydrogens is 374 g/mol. The van der Waals surface area contributed by atoms with Crippen LogP contribution in [0.3, 0.4) is 0 Å². The van der Waals surface area contributed by atoms with E-state index in [1.165, 1.54) is 0 Å². The van der Waals surface area contributed by atoms with Crippen LogP contribution in [0.4, 0.5) is 0 Å². The smallest absolute Gasteiger partial charge is 0.336 e. The number of nitrogens with zero attached hydrogens (tertiary/aromatic N) is 1. The lowest BCUT2D eigenvalue weighted by molar-refractivity contribution is -0.140. The number of benzene rings is 2. The molecule has 1 aliphatic heterocycles. The average molecular weight is 398 g/mol. The van der Waals surface area contributed by atoms with Gasteiger partial charge in [-0.25, -0.2) is 4.79 Å². The molecular formula is C23H24ClNO3. The quantitative estimate of drug-likeness (QED) is 0.667. The van der Waals surface area contributed by atoms with E-state index in [1.54, 1.807) is 17.9 Å². The molecule has 28 heavy (non-hydrogen) atoms. The van der Waals surface area contributed by atoms with Crippen LogP contribution in [0, 0.1) is 6.92 Å². The van der Waals surface area contributed by atoms with E-state index in [0.29, 0.717) is 29.4 Å². The van der Waals surface area contributed by atoms with Crippen LogP contribution in [0.25, 0.3) is 0 Å². The first kappa shape index (κ1) is 20.2. The minimum atomic E-state index is -0.366. The summed E-state index contributed by atoms with van der Waals surface area (Å²) in [5.74, 6) is -0.686. The van der Waals surface area contributed by atoms with E-state index >= 15 is 0 Å². The molecule has 1 atom stereocenters. The Labute approximate surface area is 170 Å². The van der Waals surface area contributed by atoms with Crippen molar-refractivity contribution in [1.29, 1.82) is 0 Å². The molecule has 0 aromatic heterocycles. The summed E-state index contributed by atoms with van der Waals surface area (Å²) in [4.78, 5) is 27.4. The lowest BCUT2D eigenvalue weighted by Crippen LogP contribution is -2.38. The van der Waals surface area contributed by atoms with E-state index in [0.717, 1.165) is 16.7 Å². The van der Waals surface area contributed by atoms with Gasteiger partial charge in [0.05, 0.1) is 18.7 Å². The predicted octanol–water partition coefficient (Wildman–Crippen LogP) is 5.00. The van der Waals surface area contributed by atoms with Gasteiger partial charge in [-0.05, 0) is 44.0 Å². The Bertz CT molecular complexity index is 935. The molecule has 0 fully saturated rings. The zero-order valence-electron chi connectivity index (χ0n) is 16.4. The molecule has 3 rings (SSSR count). The van der Waals surface area contributed by atoms with Crippen molar-refractivity contribution in [1.82, 2.24) is 4.90 Å². The third-order valence-electron chi connectivity index (χ3n) is 4.99. The molecule has 5 heteroatoms. The Hall–Kier alpha value is -2.59. The first-order chi connectivity index (χ1) is 13.4. The molecule has 4 nitrogen and oxygen atoms in total. The molecule has 1 unspecified atom stereocenters. The number of amides is 1. The van der Waals surface area contributed by atoms with Gasteiger partial charge in [0.1, 0.15) is 0 Å². The number of esters is 1. The highest BCUT2D eigenvalue weighted by atomic mass is 35.5. The maximum absolute atomic E-state index is 13.0. The zero-order valence-corrected chi connectivity index (χ0v) is 17.1. The van der Waals surface area contributed by atoms with Crippen LogP contribution < -0.4 is 0 Å². The molecule has 0 saturated heterocycles. The third-order valence-corrected chi connectivity index (χ3v) is 5.23. The van der Waals surface area contributed by atoms with Crippen molar-refractivity contribution in [3.8, 4) is 0 Å². The Kier molecular flexibility index (Phi) is 6.20. The van der Waals surface area contributed by atoms with Crippen molar-refractivity contribution in [2.24, 2.45) is 0 Å². The highest BCUT2D eigenvalue weighted by molar-refractivity contribution is 6.30. The molecule has 2 aromatic carbocycles. The lowest BCUT2D eigenvalue weighted by atomic mass is 9.83. The van der Waals surface area contributed by atoms with Gasteiger partial charge >= 0.3 is 5.97 Å². The Morgan fingerprint density at radius 1 is 1.18 bits per heavy atom. The normalized spacial score (nSPS) is 17.1. The van der Waals surface area contributed by atoms with Crippen molar-refractivity contribution in [2.45, 2.75) is 39.7 Å². The van der Waals surface area contributed by atoms with Gasteiger partial charge in [-0.3, -0.25) is 4.79 Å². The SMILES string of the molecule is CCOC(=O)C1=C(C)N(Cc2cccc(Cl)c2)C(=O)CC1c1cccc(C)c1. The van der Waals surface area contributed by atoms with Crippen LogP contribution >= 0.6 is 11.6 Å². The minimum Gasteiger partial charge on any atom is -0.463 e. The highest BCUT2D eigenvalue weighted by Crippen LogP contribution is 2.38. The van der Waals surface area contributed by atoms with E-state index in [4.69, 9.17) is 16.3 Å². The van der Waals surface area contributed by atoms with Gasteiger partial charge in [0.2, 0.25) is 5.91 Å². The Morgan fingerprint density at radius 2 is 1.93 bits per heavy atom. The maximum Gasteiger partial charge on any atom is 0.336 e. The number of ether oxygens (including phenoxy) is 1. The number of rotatable bonds is 5. The molecule has 0 N–H and O–H groups in total. The molecule has 1 amide bonds. The van der Waals surface area contributed by atoms with Crippen LogP contribution in [-0.4, -0.2) is 23.4 Å². The second-order valence-electron chi connectivity index (χ2n) is 7.00. The predicted molar refractivity (Wildman–Crippen MR) is 110 cm³/mol. The number of allylic oxidation sites excluding steroid dienone is 1. The number of hydrogen-bond acceptors (Lipinski definition) is 3. The third kappa shape index (κ3) is 4.28. The van der Waals surface area contributed by atoms with E-state index in [1.807, 2.05) is 56.3 Å². The number of carbonyl (C=O) groups is 2. The molecule has 0 bridgehead atoms. The second-order valence-corrected chi connectivity index (χ2v) is 7.44. The van der Waals surface area contributed by atoms with Crippen molar-refractivity contribution < 1.29 is 14.3 Å². The summed E-state index contributed by atoms with van der Waals surface area (Å²) in [7, 11) is 0. The van der Waals surface area contributed by atoms with Gasteiger partial charge in [-0.1, -0.05) is 53.6 Å². The summed E-state index contributed by atoms with van der Waals surface area (Å²) in [5, 5.41) is 0.617. The number of hydrogen-bond donors (Lipinski definition) is 0. The molecule has 0 saturated carbocycles. The summed E-state index contributed by atoms with van der Waals surface area (Å²) >= 11 is 6.08. The van der Waals surface area contributed by atoms with Gasteiger partial charge in [0.25, 0.3) is 0 Å². The first-order valence-corrected chi connectivity index (χ1v) is 9.77. The fourth-order valence-electron chi connectivity index (χ4n) is 3.67. The summed E-state index contributed by atoms with van der Waals surface area (Å²) in [5.41, 5.74) is 4.15. The molecule has 1 aliphatic rings. The first-order valence-electron chi connectivity index (χ1n) is 9.40. The van der Waals surface area contributed by atoms with Crippen LogP contribution in [0.1, 0.15) is 42.9 Å². The van der Waals surface area contributed by atoms with Crippen LogP contribution in [0.5, 0.6) is 0 Å². The summed E-state index contributed by atoms with van der Waals surface area (Å²) in [6.07, 6.45) is 0.232. The molecule has 146 valence electrons. The molecule has 1 heterocycles. The van der Waals surface area contributed by atoms with Crippen LogP contribution in [0.2, 0.25) is 5.02 Å². The van der Waals surface area contributed by atoms with E-state index < -0.39 is 0 Å². The largest absolute Gasteiger partial charge is 0.463 e. The van der Waals surface area contributed by atoms with Crippen LogP contribution in [0.15, 0.2) is 59.8 Å². The summed E-state index contributed by atoms with van der Waals surface area (Å²) in [6, 6.07) is 15.3. The van der Waals surface area contributed by atoms with E-state index in [9.17, 15) is 9.59 Å². The Balaban J connectivity index is 2.03. The van der Waals surface area contributed by atoms with E-state index in [-0.39, 0.29) is 24.2 Å². The lowest BCUT2D eigenvalue weighted by Gasteiger charge is -2.34. The number of carbonyl (C=O) groups excluding carboxylic acids is 2. The molecule has 0 radical (unpaired) electrons. The van der Waals surface area contributed by atoms with Crippen LogP contribution in [-0.2, 0) is 20.9 Å². The van der Waals surface area contributed by atoms with Gasteiger partial charge in [-0.2, -0.15) is 0 Å². The van der Waals surface area contributed by atoms with Gasteiger partial charge < -0.3 is 9.64 Å². The summed E-state index contributed by atoms with van der Waals surface area (Å²) < 4.78 is 5.33. The highest BCUT2D eigenvalue weighted by Gasteiger charge is 2.36. The van der Waals surface area contributed by atoms with E-state index in [2.05, 4.69) is 0 Å². The second kappa shape index (κ2) is 8.61. The fourth-order valence-corrected chi connectivity index (χ4v) is 3.88. The van der Waals surface area contributed by atoms with Gasteiger partial charge in [0.15, 0.2) is 0 Å². The molecule has 0 aliphatic carbocycles. The van der Waals surface area contributed by atoms with Crippen molar-refractivity contribution in [2.75, 3.05) is 6.61 Å². The molecule has 0 spiro atoms. The van der Waals surface area contributed by atoms with Gasteiger partial charge in [0, 0.05) is 23.1 Å². The Morgan fingerprint density at radius 3 is 2.61 bits per heavy atom. The van der Waals surface area contributed by atoms with Crippen molar-refractivity contribution >= 4 is 23.5 Å². The zero-order chi connectivity index (χ0) is 20.3. The standard InChI is InChI=1S/C23H24ClNO3/c1-4-28-23(27)22-16(3)25(14-17-8-6-10-19(24)12-17)21(26)13-20(22)18-9-5-7-15(2)11-18/h5-12,20H,4,13-14H2,1-3H3. The molecule has 2 aromatic rings. The minimum absolute atomic E-state index is 0.0166. The maximum atomic E-state index is 13.0. The fraction of sp³-hybridized carbons (Fsp3) is 0.304. The van der Waals surface area contributed by atoms with Crippen molar-refractivity contribution in [3.63, 3.8) is 0 Å². The topological polar surface area (TPSA) is 46.6 Å². The average Bonchev–Trinajstić information content (AvgIpc) is 2.65. The number of halogens is 1.